The Morgan fingerprint density at radius 2 is 1.88 bits per heavy atom. The normalized spacial score (nSPS) is 13.7. The molecule has 1 atom stereocenters. The fourth-order valence-electron chi connectivity index (χ4n) is 1.46. The third-order valence-electron chi connectivity index (χ3n) is 2.71. The van der Waals surface area contributed by atoms with E-state index in [2.05, 4.69) is 4.72 Å². The Balaban J connectivity index is 3.20. The number of hydrogen-bond donors (Lipinski definition) is 1. The molecule has 0 spiro atoms. The van der Waals surface area contributed by atoms with Crippen LogP contribution in [-0.2, 0) is 10.0 Å². The van der Waals surface area contributed by atoms with Crippen LogP contribution < -0.4 is 4.72 Å². The Morgan fingerprint density at radius 1 is 1.29 bits per heavy atom. The van der Waals surface area contributed by atoms with Crippen LogP contribution in [0.1, 0.15) is 31.4 Å². The van der Waals surface area contributed by atoms with Gasteiger partial charge in [-0.05, 0) is 50.5 Å². The van der Waals surface area contributed by atoms with Gasteiger partial charge in [0, 0.05) is 11.1 Å². The number of nitrogens with one attached hydrogen (secondary N) is 1. The first-order valence-corrected chi connectivity index (χ1v) is 7.43. The summed E-state index contributed by atoms with van der Waals surface area (Å²) in [5.41, 5.74) is 1.43. The average molecular weight is 276 g/mol. The van der Waals surface area contributed by atoms with Crippen LogP contribution in [0.2, 0.25) is 5.02 Å². The van der Waals surface area contributed by atoms with Crippen molar-refractivity contribution in [1.82, 2.24) is 4.72 Å². The summed E-state index contributed by atoms with van der Waals surface area (Å²) in [6.07, 6.45) is 0.755. The van der Waals surface area contributed by atoms with Gasteiger partial charge >= 0.3 is 0 Å². The minimum Gasteiger partial charge on any atom is -0.208 e. The second-order valence-corrected chi connectivity index (χ2v) is 6.39. The summed E-state index contributed by atoms with van der Waals surface area (Å²) in [5, 5.41) is 0.588. The highest BCUT2D eigenvalue weighted by molar-refractivity contribution is 7.89. The molecule has 1 unspecified atom stereocenters. The number of hydrogen-bond acceptors (Lipinski definition) is 2. The van der Waals surface area contributed by atoms with Gasteiger partial charge in [-0.2, -0.15) is 0 Å². The molecule has 0 saturated carbocycles. The summed E-state index contributed by atoms with van der Waals surface area (Å²) in [6.45, 7) is 7.32. The third-order valence-corrected chi connectivity index (χ3v) is 4.85. The van der Waals surface area contributed by atoms with E-state index >= 15 is 0 Å². The number of rotatable bonds is 4. The van der Waals surface area contributed by atoms with Gasteiger partial charge < -0.3 is 0 Å². The minimum absolute atomic E-state index is 0.0737. The summed E-state index contributed by atoms with van der Waals surface area (Å²) in [7, 11) is -3.45. The molecule has 1 aromatic carbocycles. The standard InChI is InChI=1S/C12H18ClNO2S/c1-5-10(4)14-17(15,16)12-7-8(2)11(13)6-9(12)3/h6-7,10,14H,5H2,1-4H3. The van der Waals surface area contributed by atoms with Crippen molar-refractivity contribution in [2.75, 3.05) is 0 Å². The van der Waals surface area contributed by atoms with Crippen molar-refractivity contribution in [3.05, 3.63) is 28.3 Å². The van der Waals surface area contributed by atoms with E-state index in [4.69, 9.17) is 11.6 Å². The Labute approximate surface area is 108 Å². The summed E-state index contributed by atoms with van der Waals surface area (Å²) >= 11 is 5.95. The van der Waals surface area contributed by atoms with Crippen molar-refractivity contribution in [2.45, 2.75) is 45.1 Å². The number of aryl methyl sites for hydroxylation is 2. The lowest BCUT2D eigenvalue weighted by atomic mass is 10.2. The number of benzene rings is 1. The molecule has 96 valence electrons. The zero-order valence-corrected chi connectivity index (χ0v) is 12.1. The maximum Gasteiger partial charge on any atom is 0.241 e. The third kappa shape index (κ3) is 3.44. The van der Waals surface area contributed by atoms with Crippen LogP contribution in [0.4, 0.5) is 0 Å². The first kappa shape index (κ1) is 14.5. The molecule has 1 N–H and O–H groups in total. The van der Waals surface area contributed by atoms with Crippen LogP contribution in [0.5, 0.6) is 0 Å². The molecule has 17 heavy (non-hydrogen) atoms. The van der Waals surface area contributed by atoms with Crippen LogP contribution in [0.25, 0.3) is 0 Å². The van der Waals surface area contributed by atoms with Gasteiger partial charge in [-0.1, -0.05) is 18.5 Å². The Morgan fingerprint density at radius 3 is 2.41 bits per heavy atom. The van der Waals surface area contributed by atoms with E-state index in [1.54, 1.807) is 26.0 Å². The second kappa shape index (κ2) is 5.38. The first-order chi connectivity index (χ1) is 7.77. The van der Waals surface area contributed by atoms with Crippen LogP contribution in [0.15, 0.2) is 17.0 Å². The Hall–Kier alpha value is -0.580. The largest absolute Gasteiger partial charge is 0.241 e. The molecular weight excluding hydrogens is 258 g/mol. The highest BCUT2D eigenvalue weighted by Gasteiger charge is 2.19. The molecule has 0 aliphatic heterocycles. The summed E-state index contributed by atoms with van der Waals surface area (Å²) in [6, 6.07) is 3.22. The quantitative estimate of drug-likeness (QED) is 0.918. The van der Waals surface area contributed by atoms with Crippen LogP contribution in [0, 0.1) is 13.8 Å². The lowest BCUT2D eigenvalue weighted by Gasteiger charge is -2.14. The van der Waals surface area contributed by atoms with E-state index in [0.29, 0.717) is 15.5 Å². The molecule has 5 heteroatoms. The van der Waals surface area contributed by atoms with E-state index in [-0.39, 0.29) is 6.04 Å². The Kier molecular flexibility index (Phi) is 4.58. The molecule has 0 bridgehead atoms. The smallest absolute Gasteiger partial charge is 0.208 e. The molecule has 0 saturated heterocycles. The highest BCUT2D eigenvalue weighted by Crippen LogP contribution is 2.23. The van der Waals surface area contributed by atoms with E-state index < -0.39 is 10.0 Å². The van der Waals surface area contributed by atoms with Crippen molar-refractivity contribution < 1.29 is 8.42 Å². The van der Waals surface area contributed by atoms with E-state index in [1.165, 1.54) is 0 Å². The highest BCUT2D eigenvalue weighted by atomic mass is 35.5. The fraction of sp³-hybridized carbons (Fsp3) is 0.500. The van der Waals surface area contributed by atoms with Gasteiger partial charge in [-0.15, -0.1) is 0 Å². The van der Waals surface area contributed by atoms with Gasteiger partial charge in [0.1, 0.15) is 0 Å². The lowest BCUT2D eigenvalue weighted by Crippen LogP contribution is -2.32. The molecule has 0 aliphatic rings. The van der Waals surface area contributed by atoms with Gasteiger partial charge in [0.05, 0.1) is 4.90 Å². The monoisotopic (exact) mass is 275 g/mol. The van der Waals surface area contributed by atoms with Crippen LogP contribution in [-0.4, -0.2) is 14.5 Å². The number of halogens is 1. The van der Waals surface area contributed by atoms with Gasteiger partial charge in [0.25, 0.3) is 0 Å². The maximum atomic E-state index is 12.1. The second-order valence-electron chi connectivity index (χ2n) is 4.30. The molecule has 0 aliphatic carbocycles. The van der Waals surface area contributed by atoms with Gasteiger partial charge in [-0.3, -0.25) is 0 Å². The molecule has 0 heterocycles. The maximum absolute atomic E-state index is 12.1. The minimum atomic E-state index is -3.45. The van der Waals surface area contributed by atoms with E-state index in [9.17, 15) is 8.42 Å². The lowest BCUT2D eigenvalue weighted by molar-refractivity contribution is 0.555. The van der Waals surface area contributed by atoms with Crippen molar-refractivity contribution >= 4 is 21.6 Å². The topological polar surface area (TPSA) is 46.2 Å². The predicted octanol–water partition coefficient (Wildman–Crippen LogP) is 3.03. The van der Waals surface area contributed by atoms with Crippen LogP contribution >= 0.6 is 11.6 Å². The fourth-order valence-corrected chi connectivity index (χ4v) is 3.31. The molecule has 3 nitrogen and oxygen atoms in total. The van der Waals surface area contributed by atoms with Crippen molar-refractivity contribution in [2.24, 2.45) is 0 Å². The van der Waals surface area contributed by atoms with Gasteiger partial charge in [-0.25, -0.2) is 13.1 Å². The molecule has 0 amide bonds. The van der Waals surface area contributed by atoms with Gasteiger partial charge in [0.2, 0.25) is 10.0 Å². The average Bonchev–Trinajstić information content (AvgIpc) is 2.22. The molecule has 1 aromatic rings. The van der Waals surface area contributed by atoms with Gasteiger partial charge in [0.15, 0.2) is 0 Å². The predicted molar refractivity (Wildman–Crippen MR) is 71.0 cm³/mol. The van der Waals surface area contributed by atoms with Crippen molar-refractivity contribution in [3.63, 3.8) is 0 Å². The van der Waals surface area contributed by atoms with Crippen molar-refractivity contribution in [1.29, 1.82) is 0 Å². The number of sulfonamides is 1. The molecule has 0 radical (unpaired) electrons. The summed E-state index contributed by atoms with van der Waals surface area (Å²) < 4.78 is 26.9. The van der Waals surface area contributed by atoms with Crippen molar-refractivity contribution in [3.8, 4) is 0 Å². The molecule has 1 rings (SSSR count). The zero-order valence-electron chi connectivity index (χ0n) is 10.5. The van der Waals surface area contributed by atoms with E-state index in [0.717, 1.165) is 12.0 Å². The molecular formula is C12H18ClNO2S. The molecule has 0 fully saturated rings. The summed E-state index contributed by atoms with van der Waals surface area (Å²) in [5.74, 6) is 0. The van der Waals surface area contributed by atoms with Crippen LogP contribution in [0.3, 0.4) is 0 Å². The SMILES string of the molecule is CCC(C)NS(=O)(=O)c1cc(C)c(Cl)cc1C. The first-order valence-electron chi connectivity index (χ1n) is 5.57. The van der Waals surface area contributed by atoms with E-state index in [1.807, 2.05) is 13.8 Å². The summed E-state index contributed by atoms with van der Waals surface area (Å²) in [4.78, 5) is 0.305. The zero-order chi connectivity index (χ0) is 13.2. The Bertz CT molecular complexity index is 511. The molecule has 0 aromatic heterocycles.